The maximum absolute atomic E-state index is 12.6. The molecule has 3 aliphatic carbocycles. The Morgan fingerprint density at radius 3 is 0.685 bits per heavy atom. The van der Waals surface area contributed by atoms with Crippen molar-refractivity contribution in [1.29, 1.82) is 0 Å². The van der Waals surface area contributed by atoms with E-state index in [1.807, 2.05) is 26.0 Å². The van der Waals surface area contributed by atoms with Gasteiger partial charge in [0.1, 0.15) is 46.5 Å². The number of hydrogen-bond donors (Lipinski definition) is 0. The van der Waals surface area contributed by atoms with E-state index in [9.17, 15) is 43.9 Å². The lowest BCUT2D eigenvalue weighted by atomic mass is 9.70. The number of aryl methyl sites for hydroxylation is 12. The third-order valence-corrected chi connectivity index (χ3v) is 17.2. The minimum Gasteiger partial charge on any atom is -0.207 e. The average Bonchev–Trinajstić information content (AvgIpc) is 2.09. The molecule has 0 unspecified atom stereocenters. The average molecular weight is 1290 g/mol. The fourth-order valence-corrected chi connectivity index (χ4v) is 10.8. The van der Waals surface area contributed by atoms with E-state index in [2.05, 4.69) is 52.0 Å². The van der Waals surface area contributed by atoms with Crippen molar-refractivity contribution in [3.8, 4) is 0 Å². The van der Waals surface area contributed by atoms with Crippen molar-refractivity contribution in [3.63, 3.8) is 0 Å². The van der Waals surface area contributed by atoms with E-state index in [0.717, 1.165) is 46.6 Å². The predicted octanol–water partition coefficient (Wildman–Crippen LogP) is 27.3. The molecule has 3 saturated carbocycles. The molecular formula is C82H116F10. The molecule has 0 atom stereocenters. The number of benzene rings is 7. The quantitative estimate of drug-likeness (QED) is 0.154. The first-order chi connectivity index (χ1) is 41.3. The molecule has 0 aromatic heterocycles. The van der Waals surface area contributed by atoms with Crippen LogP contribution < -0.4 is 0 Å². The van der Waals surface area contributed by atoms with Crippen LogP contribution in [0.15, 0.2) is 109 Å². The number of halogens is 10. The summed E-state index contributed by atoms with van der Waals surface area (Å²) in [5, 5.41) is 0. The molecule has 0 spiro atoms. The molecule has 0 amide bonds. The van der Waals surface area contributed by atoms with Gasteiger partial charge >= 0.3 is 0 Å². The topological polar surface area (TPSA) is 0 Å². The third-order valence-electron chi connectivity index (χ3n) is 17.2. The summed E-state index contributed by atoms with van der Waals surface area (Å²) in [6.45, 7) is 28.7. The molecule has 0 aliphatic heterocycles. The maximum Gasteiger partial charge on any atom is 0.161 e. The summed E-state index contributed by atoms with van der Waals surface area (Å²) in [5.41, 5.74) is 8.82. The fraction of sp³-hybridized carbons (Fsp3) is 0.488. The molecule has 10 heteroatoms. The normalized spacial score (nSPS) is 17.5. The lowest BCUT2D eigenvalue weighted by Gasteiger charge is -2.35. The molecule has 7 aromatic carbocycles. The van der Waals surface area contributed by atoms with Crippen LogP contribution in [0.4, 0.5) is 43.9 Å². The summed E-state index contributed by atoms with van der Waals surface area (Å²) in [7, 11) is 0. The van der Waals surface area contributed by atoms with E-state index in [0.29, 0.717) is 44.5 Å². The van der Waals surface area contributed by atoms with Gasteiger partial charge in [-0.25, -0.2) is 43.9 Å². The second-order valence-electron chi connectivity index (χ2n) is 25.7. The van der Waals surface area contributed by atoms with Crippen LogP contribution >= 0.6 is 0 Å². The first-order valence-corrected chi connectivity index (χ1v) is 31.5. The van der Waals surface area contributed by atoms with Gasteiger partial charge in [-0.1, -0.05) is 192 Å². The SMILES string of the molecule is C.C.C.C.CC1CCC(CC2CCC(CC3CCC(C)CC3)CC2)CC1.Cc1cc(F)c(C)c(F)c1.Cc1cc(F)c(C)c(F)c1.Cc1cc(F)c(C)cc1F.Cc1ccc(C)c(F)c1.Cc1ccc(C)c(F)c1.Cc1ccc(C)c(F)c1F.Cc1ccc(C)cc1. The van der Waals surface area contributed by atoms with Gasteiger partial charge in [-0.2, -0.15) is 0 Å². The van der Waals surface area contributed by atoms with Gasteiger partial charge in [0, 0.05) is 11.1 Å². The molecule has 514 valence electrons. The van der Waals surface area contributed by atoms with E-state index >= 15 is 0 Å². The lowest BCUT2D eigenvalue weighted by Crippen LogP contribution is -2.22. The highest BCUT2D eigenvalue weighted by atomic mass is 19.2. The van der Waals surface area contributed by atoms with Crippen molar-refractivity contribution < 1.29 is 43.9 Å². The molecule has 3 fully saturated rings. The standard InChI is InChI=1S/C22H40.4C8H8F2.2C8H9F.C8H10.4CH4/c1-17-3-7-19(8-4-17)15-21-11-13-22(14-12-21)16-20-9-5-18(2)6-10-20;1-5-3-8(10)6(2)4-7(5)9;2*1-5-3-7(9)6(2)8(10)4-5;1-5-3-4-6(2)8(10)7(5)9;2*1-6-3-4-7(2)8(9)5-6;1-7-3-5-8(2)6-4-7;;;;/h17-22H,3-16H2,1-2H3;4*3-4H,1-2H3;2*3-5H,1-2H3;3-6H,1-2H3;4*1H4. The Bertz CT molecular complexity index is 2910. The van der Waals surface area contributed by atoms with Crippen molar-refractivity contribution in [2.45, 2.75) is 230 Å². The zero-order valence-electron chi connectivity index (χ0n) is 55.5. The minimum atomic E-state index is -0.736. The molecule has 0 nitrogen and oxygen atoms in total. The Morgan fingerprint density at radius 1 is 0.239 bits per heavy atom. The highest BCUT2D eigenvalue weighted by molar-refractivity contribution is 5.27. The Hall–Kier alpha value is -6.16. The lowest BCUT2D eigenvalue weighted by molar-refractivity contribution is 0.168. The van der Waals surface area contributed by atoms with Gasteiger partial charge in [-0.15, -0.1) is 0 Å². The Labute approximate surface area is 552 Å². The first kappa shape index (κ1) is 87.9. The van der Waals surface area contributed by atoms with Crippen LogP contribution in [0.2, 0.25) is 0 Å². The van der Waals surface area contributed by atoms with Crippen molar-refractivity contribution >= 4 is 0 Å². The maximum atomic E-state index is 12.6. The van der Waals surface area contributed by atoms with E-state index in [-0.39, 0.29) is 64.1 Å². The highest BCUT2D eigenvalue weighted by Crippen LogP contribution is 2.42. The summed E-state index contributed by atoms with van der Waals surface area (Å²) >= 11 is 0. The second-order valence-corrected chi connectivity index (χ2v) is 25.7. The van der Waals surface area contributed by atoms with Crippen LogP contribution in [0.25, 0.3) is 0 Å². The molecule has 92 heavy (non-hydrogen) atoms. The van der Waals surface area contributed by atoms with Crippen molar-refractivity contribution in [3.05, 3.63) is 245 Å². The zero-order valence-corrected chi connectivity index (χ0v) is 55.5. The fourth-order valence-electron chi connectivity index (χ4n) is 10.8. The van der Waals surface area contributed by atoms with Gasteiger partial charge in [0.2, 0.25) is 0 Å². The minimum absolute atomic E-state index is 0. The largest absolute Gasteiger partial charge is 0.207 e. The summed E-state index contributed by atoms with van der Waals surface area (Å²) in [6.07, 6.45) is 21.7. The van der Waals surface area contributed by atoms with Crippen molar-refractivity contribution in [1.82, 2.24) is 0 Å². The van der Waals surface area contributed by atoms with Gasteiger partial charge in [-0.3, -0.25) is 0 Å². The number of hydrogen-bond acceptors (Lipinski definition) is 0. The van der Waals surface area contributed by atoms with Crippen molar-refractivity contribution in [2.24, 2.45) is 35.5 Å². The van der Waals surface area contributed by atoms with Gasteiger partial charge in [-0.05, 0) is 249 Å². The summed E-state index contributed by atoms with van der Waals surface area (Å²) < 4.78 is 126. The molecule has 0 radical (unpaired) electrons. The van der Waals surface area contributed by atoms with E-state index in [1.54, 1.807) is 116 Å². The molecule has 0 saturated heterocycles. The van der Waals surface area contributed by atoms with Gasteiger partial charge in [0.05, 0.1) is 0 Å². The Balaban J connectivity index is 0. The molecule has 0 heterocycles. The molecule has 0 bridgehead atoms. The second kappa shape index (κ2) is 44.4. The van der Waals surface area contributed by atoms with Gasteiger partial charge in [0.25, 0.3) is 0 Å². The monoisotopic (exact) mass is 1290 g/mol. The third kappa shape index (κ3) is 32.6. The van der Waals surface area contributed by atoms with Crippen molar-refractivity contribution in [2.75, 3.05) is 0 Å². The van der Waals surface area contributed by atoms with E-state index < -0.39 is 34.9 Å². The summed E-state index contributed by atoms with van der Waals surface area (Å²) in [4.78, 5) is 0. The van der Waals surface area contributed by atoms with Crippen LogP contribution in [0, 0.1) is 191 Å². The van der Waals surface area contributed by atoms with Gasteiger partial charge in [0.15, 0.2) is 11.6 Å². The van der Waals surface area contributed by atoms with Crippen LogP contribution in [0.1, 0.15) is 211 Å². The zero-order chi connectivity index (χ0) is 65.9. The van der Waals surface area contributed by atoms with Crippen LogP contribution in [0.3, 0.4) is 0 Å². The summed E-state index contributed by atoms with van der Waals surface area (Å²) in [6, 6.07) is 29.7. The molecular weight excluding hydrogens is 1170 g/mol. The van der Waals surface area contributed by atoms with Crippen LogP contribution in [0.5, 0.6) is 0 Å². The summed E-state index contributed by atoms with van der Waals surface area (Å²) in [5.74, 6) is 2.13. The van der Waals surface area contributed by atoms with Crippen LogP contribution in [-0.4, -0.2) is 0 Å². The Morgan fingerprint density at radius 2 is 0.446 bits per heavy atom. The highest BCUT2D eigenvalue weighted by Gasteiger charge is 2.28. The van der Waals surface area contributed by atoms with Gasteiger partial charge < -0.3 is 0 Å². The van der Waals surface area contributed by atoms with Crippen LogP contribution in [-0.2, 0) is 0 Å². The molecule has 3 aliphatic rings. The molecule has 0 N–H and O–H groups in total. The van der Waals surface area contributed by atoms with E-state index in [4.69, 9.17) is 0 Å². The molecule has 10 rings (SSSR count). The molecule has 7 aromatic rings. The number of rotatable bonds is 4. The predicted molar refractivity (Wildman–Crippen MR) is 375 cm³/mol. The smallest absolute Gasteiger partial charge is 0.161 e. The first-order valence-electron chi connectivity index (χ1n) is 31.5. The Kier molecular flexibility index (Phi) is 42.5. The van der Waals surface area contributed by atoms with E-state index in [1.165, 1.54) is 127 Å².